The zero-order chi connectivity index (χ0) is 18.9. The molecule has 0 saturated heterocycles. The van der Waals surface area contributed by atoms with Crippen LogP contribution in [0, 0.1) is 20.8 Å². The summed E-state index contributed by atoms with van der Waals surface area (Å²) in [4.78, 5) is 22.2. The van der Waals surface area contributed by atoms with Crippen LogP contribution in [0.15, 0.2) is 21.7 Å². The number of thiazole rings is 1. The Kier molecular flexibility index (Phi) is 7.65. The van der Waals surface area contributed by atoms with E-state index in [9.17, 15) is 4.79 Å². The number of hydrogen-bond donors (Lipinski definition) is 3. The Bertz CT molecular complexity index is 751. The molecule has 2 rings (SSSR count). The smallest absolute Gasteiger partial charge is 0.287 e. The third-order valence-corrected chi connectivity index (χ3v) is 4.78. The van der Waals surface area contributed by atoms with Crippen molar-refractivity contribution >= 4 is 23.2 Å². The van der Waals surface area contributed by atoms with Gasteiger partial charge in [-0.2, -0.15) is 0 Å². The van der Waals surface area contributed by atoms with Crippen LogP contribution in [-0.4, -0.2) is 36.5 Å². The van der Waals surface area contributed by atoms with Crippen LogP contribution in [0.5, 0.6) is 0 Å². The van der Waals surface area contributed by atoms with Crippen LogP contribution >= 0.6 is 11.3 Å². The monoisotopic (exact) mass is 377 g/mol. The fourth-order valence-electron chi connectivity index (χ4n) is 2.40. The number of rotatable bonds is 8. The standard InChI is InChI=1S/C18H27N5O2S/c1-5-19-18(22-11-15-13(3)23-14(4)26-15)21-9-6-8-20-17(24)16-12(2)7-10-25-16/h7,10H,5-6,8-9,11H2,1-4H3,(H,20,24)(H2,19,21,22). The first-order chi connectivity index (χ1) is 12.5. The first-order valence-electron chi connectivity index (χ1n) is 8.78. The summed E-state index contributed by atoms with van der Waals surface area (Å²) in [7, 11) is 0. The van der Waals surface area contributed by atoms with E-state index in [1.165, 1.54) is 11.1 Å². The summed E-state index contributed by atoms with van der Waals surface area (Å²) in [5, 5.41) is 10.4. The van der Waals surface area contributed by atoms with Crippen LogP contribution in [0.3, 0.4) is 0 Å². The molecule has 7 nitrogen and oxygen atoms in total. The number of guanidine groups is 1. The molecule has 2 aromatic rings. The second-order valence-electron chi connectivity index (χ2n) is 5.91. The van der Waals surface area contributed by atoms with Crippen molar-refractivity contribution in [3.63, 3.8) is 0 Å². The minimum absolute atomic E-state index is 0.177. The van der Waals surface area contributed by atoms with E-state index in [4.69, 9.17) is 4.42 Å². The molecule has 0 spiro atoms. The molecule has 3 N–H and O–H groups in total. The van der Waals surface area contributed by atoms with Gasteiger partial charge in [0.25, 0.3) is 5.91 Å². The van der Waals surface area contributed by atoms with Gasteiger partial charge in [-0.25, -0.2) is 9.98 Å². The number of nitrogens with one attached hydrogen (secondary N) is 3. The molecule has 0 aliphatic heterocycles. The van der Waals surface area contributed by atoms with Crippen molar-refractivity contribution in [2.75, 3.05) is 19.6 Å². The number of carbonyl (C=O) groups excluding carboxylic acids is 1. The molecular formula is C18H27N5O2S. The molecule has 2 heterocycles. The quantitative estimate of drug-likeness (QED) is 0.374. The zero-order valence-corrected chi connectivity index (χ0v) is 16.6. The average molecular weight is 378 g/mol. The molecule has 2 aromatic heterocycles. The van der Waals surface area contributed by atoms with Gasteiger partial charge in [0.2, 0.25) is 0 Å². The van der Waals surface area contributed by atoms with Gasteiger partial charge in [0.05, 0.1) is 23.5 Å². The van der Waals surface area contributed by atoms with Crippen LogP contribution in [0.25, 0.3) is 0 Å². The van der Waals surface area contributed by atoms with Gasteiger partial charge in [-0.3, -0.25) is 4.79 Å². The number of furan rings is 1. The van der Waals surface area contributed by atoms with Crippen LogP contribution in [0.4, 0.5) is 0 Å². The number of hydrogen-bond acceptors (Lipinski definition) is 5. The number of carbonyl (C=O) groups is 1. The lowest BCUT2D eigenvalue weighted by atomic mass is 10.2. The van der Waals surface area contributed by atoms with Gasteiger partial charge in [0.15, 0.2) is 11.7 Å². The van der Waals surface area contributed by atoms with Gasteiger partial charge in [-0.05, 0) is 40.2 Å². The minimum Gasteiger partial charge on any atom is -0.459 e. The van der Waals surface area contributed by atoms with Crippen LogP contribution < -0.4 is 16.0 Å². The lowest BCUT2D eigenvalue weighted by Crippen LogP contribution is -2.38. The van der Waals surface area contributed by atoms with Gasteiger partial charge >= 0.3 is 0 Å². The SMILES string of the molecule is CCNC(=NCc1sc(C)nc1C)NCCCNC(=O)c1occc1C. The molecule has 0 fully saturated rings. The van der Waals surface area contributed by atoms with Gasteiger partial charge in [-0.1, -0.05) is 0 Å². The number of aryl methyl sites for hydroxylation is 3. The molecule has 0 unspecified atom stereocenters. The zero-order valence-electron chi connectivity index (χ0n) is 15.8. The molecule has 0 atom stereocenters. The highest BCUT2D eigenvalue weighted by Gasteiger charge is 2.11. The summed E-state index contributed by atoms with van der Waals surface area (Å²) in [5.41, 5.74) is 1.89. The van der Waals surface area contributed by atoms with Gasteiger partial charge in [0.1, 0.15) is 0 Å². The fourth-order valence-corrected chi connectivity index (χ4v) is 3.26. The van der Waals surface area contributed by atoms with E-state index in [0.29, 0.717) is 25.4 Å². The summed E-state index contributed by atoms with van der Waals surface area (Å²) in [6, 6.07) is 1.78. The molecular weight excluding hydrogens is 350 g/mol. The van der Waals surface area contributed by atoms with E-state index in [1.54, 1.807) is 17.4 Å². The first-order valence-corrected chi connectivity index (χ1v) is 9.60. The Hall–Kier alpha value is -2.35. The highest BCUT2D eigenvalue weighted by molar-refractivity contribution is 7.11. The van der Waals surface area contributed by atoms with E-state index in [2.05, 4.69) is 25.9 Å². The molecule has 0 aliphatic carbocycles. The second-order valence-corrected chi connectivity index (χ2v) is 7.19. The average Bonchev–Trinajstić information content (AvgIpc) is 3.16. The highest BCUT2D eigenvalue weighted by atomic mass is 32.1. The Labute approximate surface area is 158 Å². The van der Waals surface area contributed by atoms with Crippen LogP contribution in [0.1, 0.15) is 45.0 Å². The second kappa shape index (κ2) is 9.96. The normalized spacial score (nSPS) is 11.5. The van der Waals surface area contributed by atoms with Gasteiger partial charge < -0.3 is 20.4 Å². The maximum absolute atomic E-state index is 12.0. The van der Waals surface area contributed by atoms with E-state index in [1.807, 2.05) is 27.7 Å². The topological polar surface area (TPSA) is 91.5 Å². The molecule has 0 aliphatic rings. The summed E-state index contributed by atoms with van der Waals surface area (Å²) < 4.78 is 5.18. The van der Waals surface area contributed by atoms with Gasteiger partial charge in [-0.15, -0.1) is 11.3 Å². The summed E-state index contributed by atoms with van der Waals surface area (Å²) >= 11 is 1.68. The lowest BCUT2D eigenvalue weighted by molar-refractivity contribution is 0.0925. The van der Waals surface area contributed by atoms with Crippen molar-refractivity contribution in [3.8, 4) is 0 Å². The van der Waals surface area contributed by atoms with E-state index < -0.39 is 0 Å². The minimum atomic E-state index is -0.177. The predicted molar refractivity (Wildman–Crippen MR) is 105 cm³/mol. The number of amides is 1. The molecule has 26 heavy (non-hydrogen) atoms. The first kappa shape index (κ1) is 20.0. The van der Waals surface area contributed by atoms with Crippen molar-refractivity contribution in [2.24, 2.45) is 4.99 Å². The number of aromatic nitrogens is 1. The lowest BCUT2D eigenvalue weighted by Gasteiger charge is -2.11. The van der Waals surface area contributed by atoms with Crippen molar-refractivity contribution in [1.82, 2.24) is 20.9 Å². The van der Waals surface area contributed by atoms with E-state index in [-0.39, 0.29) is 5.91 Å². The summed E-state index contributed by atoms with van der Waals surface area (Å²) in [6.07, 6.45) is 2.31. The Morgan fingerprint density at radius 2 is 2.00 bits per heavy atom. The molecule has 0 saturated carbocycles. The summed E-state index contributed by atoms with van der Waals surface area (Å²) in [6.45, 7) is 10.6. The molecule has 0 bridgehead atoms. The number of nitrogens with zero attached hydrogens (tertiary/aromatic N) is 2. The largest absolute Gasteiger partial charge is 0.459 e. The highest BCUT2D eigenvalue weighted by Crippen LogP contribution is 2.17. The Morgan fingerprint density at radius 1 is 1.23 bits per heavy atom. The maximum Gasteiger partial charge on any atom is 0.287 e. The Morgan fingerprint density at radius 3 is 2.62 bits per heavy atom. The third-order valence-electron chi connectivity index (χ3n) is 3.72. The van der Waals surface area contributed by atoms with Gasteiger partial charge in [0, 0.05) is 30.1 Å². The molecule has 142 valence electrons. The van der Waals surface area contributed by atoms with Crippen LogP contribution in [-0.2, 0) is 6.54 Å². The maximum atomic E-state index is 12.0. The van der Waals surface area contributed by atoms with Crippen molar-refractivity contribution in [1.29, 1.82) is 0 Å². The number of aliphatic imine (C=N–C) groups is 1. The Balaban J connectivity index is 1.74. The van der Waals surface area contributed by atoms with Crippen molar-refractivity contribution in [3.05, 3.63) is 39.2 Å². The van der Waals surface area contributed by atoms with E-state index in [0.717, 1.165) is 35.2 Å². The molecule has 1 amide bonds. The third kappa shape index (κ3) is 5.87. The van der Waals surface area contributed by atoms with Crippen molar-refractivity contribution in [2.45, 2.75) is 40.7 Å². The molecule has 0 radical (unpaired) electrons. The van der Waals surface area contributed by atoms with Crippen molar-refractivity contribution < 1.29 is 9.21 Å². The summed E-state index contributed by atoms with van der Waals surface area (Å²) in [5.74, 6) is 0.971. The fraction of sp³-hybridized carbons (Fsp3) is 0.500. The molecule has 0 aromatic carbocycles. The van der Waals surface area contributed by atoms with Crippen LogP contribution in [0.2, 0.25) is 0 Å². The predicted octanol–water partition coefficient (Wildman–Crippen LogP) is 2.54. The molecule has 8 heteroatoms. The van der Waals surface area contributed by atoms with E-state index >= 15 is 0 Å².